The van der Waals surface area contributed by atoms with Gasteiger partial charge in [-0.1, -0.05) is 24.3 Å². The molecule has 3 rings (SSSR count). The highest BCUT2D eigenvalue weighted by Crippen LogP contribution is 2.17. The average Bonchev–Trinajstić information content (AvgIpc) is 3.01. The van der Waals surface area contributed by atoms with Crippen molar-refractivity contribution in [3.63, 3.8) is 0 Å². The van der Waals surface area contributed by atoms with Crippen molar-refractivity contribution in [2.45, 2.75) is 0 Å². The van der Waals surface area contributed by atoms with Gasteiger partial charge in [0.25, 0.3) is 5.91 Å². The highest BCUT2D eigenvalue weighted by Gasteiger charge is 2.06. The lowest BCUT2D eigenvalue weighted by atomic mass is 10.2. The van der Waals surface area contributed by atoms with Crippen LogP contribution in [0.4, 0.5) is 0 Å². The normalized spacial score (nSPS) is 11.1. The third-order valence-electron chi connectivity index (χ3n) is 2.99. The van der Waals surface area contributed by atoms with Crippen molar-refractivity contribution in [3.8, 4) is 0 Å². The van der Waals surface area contributed by atoms with Crippen LogP contribution in [0.15, 0.2) is 42.6 Å². The number of thiazole rings is 1. The number of carbonyl (C=O) groups is 1. The molecule has 0 radical (unpaired) electrons. The van der Waals surface area contributed by atoms with Gasteiger partial charge in [0.1, 0.15) is 9.88 Å². The summed E-state index contributed by atoms with van der Waals surface area (Å²) >= 11 is 1.35. The van der Waals surface area contributed by atoms with Crippen molar-refractivity contribution in [1.29, 1.82) is 0 Å². The Morgan fingerprint density at radius 3 is 2.90 bits per heavy atom. The summed E-state index contributed by atoms with van der Waals surface area (Å²) in [5.74, 6) is -0.115. The van der Waals surface area contributed by atoms with Crippen LogP contribution < -0.4 is 5.32 Å². The Morgan fingerprint density at radius 2 is 2.05 bits per heavy atom. The first-order valence-corrected chi connectivity index (χ1v) is 7.30. The minimum Gasteiger partial charge on any atom is -0.354 e. The van der Waals surface area contributed by atoms with Gasteiger partial charge in [-0.2, -0.15) is 0 Å². The number of hydrogen-bond acceptors (Lipinski definition) is 4. The van der Waals surface area contributed by atoms with E-state index in [9.17, 15) is 4.79 Å². The molecule has 0 fully saturated rings. The zero-order chi connectivity index (χ0) is 14.7. The van der Waals surface area contributed by atoms with Crippen molar-refractivity contribution in [1.82, 2.24) is 15.3 Å². The molecule has 1 N–H and O–H groups in total. The Hall–Kier alpha value is -2.53. The third-order valence-corrected chi connectivity index (χ3v) is 3.95. The molecule has 0 spiro atoms. The number of amides is 1. The second kappa shape index (κ2) is 5.85. The number of rotatable bonds is 3. The molecule has 0 aliphatic heterocycles. The first-order valence-electron chi connectivity index (χ1n) is 6.48. The second-order valence-corrected chi connectivity index (χ2v) is 5.47. The van der Waals surface area contributed by atoms with Crippen LogP contribution in [-0.4, -0.2) is 22.9 Å². The molecule has 4 nitrogen and oxygen atoms in total. The Morgan fingerprint density at radius 1 is 1.19 bits per heavy atom. The first kappa shape index (κ1) is 13.5. The zero-order valence-corrected chi connectivity index (χ0v) is 12.2. The molecule has 21 heavy (non-hydrogen) atoms. The zero-order valence-electron chi connectivity index (χ0n) is 11.4. The van der Waals surface area contributed by atoms with Gasteiger partial charge in [0.05, 0.1) is 17.4 Å². The highest BCUT2D eigenvalue weighted by atomic mass is 32.1. The Kier molecular flexibility index (Phi) is 3.75. The summed E-state index contributed by atoms with van der Waals surface area (Å²) in [5, 5.41) is 4.48. The lowest BCUT2D eigenvalue weighted by Gasteiger charge is -1.97. The summed E-state index contributed by atoms with van der Waals surface area (Å²) in [6.07, 6.45) is 5.35. The minimum absolute atomic E-state index is 0.115. The number of aromatic nitrogens is 2. The maximum atomic E-state index is 11.5. The predicted molar refractivity (Wildman–Crippen MR) is 86.2 cm³/mol. The van der Waals surface area contributed by atoms with Gasteiger partial charge in [-0.3, -0.25) is 4.79 Å². The van der Waals surface area contributed by atoms with E-state index in [0.717, 1.165) is 21.6 Å². The fraction of sp³-hybridized carbons (Fsp3) is 0.0625. The molecule has 2 heterocycles. The second-order valence-electron chi connectivity index (χ2n) is 4.40. The maximum absolute atomic E-state index is 11.5. The average molecular weight is 295 g/mol. The summed E-state index contributed by atoms with van der Waals surface area (Å²) in [7, 11) is 1.61. The van der Waals surface area contributed by atoms with Crippen LogP contribution in [0.25, 0.3) is 23.1 Å². The van der Waals surface area contributed by atoms with E-state index < -0.39 is 0 Å². The standard InChI is InChI=1S/C16H13N3OS/c1-17-16(20)14-10-18-15(21-14)9-8-12-7-6-11-4-2-3-5-13(11)19-12/h2-10H,1H3,(H,17,20). The summed E-state index contributed by atoms with van der Waals surface area (Å²) in [5.41, 5.74) is 1.83. The van der Waals surface area contributed by atoms with Crippen LogP contribution in [0, 0.1) is 0 Å². The maximum Gasteiger partial charge on any atom is 0.262 e. The fourth-order valence-corrected chi connectivity index (χ4v) is 2.69. The quantitative estimate of drug-likeness (QED) is 0.807. The SMILES string of the molecule is CNC(=O)c1cnc(C=Cc2ccc3ccccc3n2)s1. The fourth-order valence-electron chi connectivity index (χ4n) is 1.92. The first-order chi connectivity index (χ1) is 10.3. The van der Waals surface area contributed by atoms with E-state index in [1.165, 1.54) is 11.3 Å². The van der Waals surface area contributed by atoms with E-state index in [-0.39, 0.29) is 5.91 Å². The van der Waals surface area contributed by atoms with Crippen LogP contribution in [0.2, 0.25) is 0 Å². The molecule has 104 valence electrons. The number of nitrogens with zero attached hydrogens (tertiary/aromatic N) is 2. The van der Waals surface area contributed by atoms with Crippen LogP contribution in [0.5, 0.6) is 0 Å². The van der Waals surface area contributed by atoms with Crippen molar-refractivity contribution >= 4 is 40.3 Å². The molecule has 0 bridgehead atoms. The predicted octanol–water partition coefficient (Wildman–Crippen LogP) is 3.22. The molecule has 0 atom stereocenters. The molecule has 3 aromatic rings. The molecule has 2 aromatic heterocycles. The van der Waals surface area contributed by atoms with E-state index in [0.29, 0.717) is 4.88 Å². The number of fused-ring (bicyclic) bond motifs is 1. The number of benzene rings is 1. The summed E-state index contributed by atoms with van der Waals surface area (Å²) in [6, 6.07) is 12.0. The molecule has 5 heteroatoms. The monoisotopic (exact) mass is 295 g/mol. The van der Waals surface area contributed by atoms with Crippen molar-refractivity contribution < 1.29 is 4.79 Å². The van der Waals surface area contributed by atoms with E-state index in [1.807, 2.05) is 48.6 Å². The molecule has 0 aliphatic carbocycles. The number of hydrogen-bond donors (Lipinski definition) is 1. The van der Waals surface area contributed by atoms with Crippen LogP contribution in [0.1, 0.15) is 20.4 Å². The smallest absolute Gasteiger partial charge is 0.262 e. The molecule has 0 aliphatic rings. The van der Waals surface area contributed by atoms with Crippen LogP contribution in [0.3, 0.4) is 0 Å². The van der Waals surface area contributed by atoms with Gasteiger partial charge in [-0.05, 0) is 24.3 Å². The molecular formula is C16H13N3OS. The number of carbonyl (C=O) groups excluding carboxylic acids is 1. The van der Waals surface area contributed by atoms with E-state index >= 15 is 0 Å². The number of pyridine rings is 1. The Bertz CT molecular complexity index is 823. The molecular weight excluding hydrogens is 282 g/mol. The molecule has 0 saturated heterocycles. The summed E-state index contributed by atoms with van der Waals surface area (Å²) in [4.78, 5) is 20.8. The summed E-state index contributed by atoms with van der Waals surface area (Å²) < 4.78 is 0. The van der Waals surface area contributed by atoms with E-state index in [1.54, 1.807) is 13.2 Å². The lowest BCUT2D eigenvalue weighted by molar-refractivity contribution is 0.0967. The molecule has 1 amide bonds. The Balaban J connectivity index is 1.84. The number of para-hydroxylation sites is 1. The van der Waals surface area contributed by atoms with Gasteiger partial charge < -0.3 is 5.32 Å². The molecule has 0 saturated carbocycles. The van der Waals surface area contributed by atoms with Crippen molar-refractivity contribution in [2.24, 2.45) is 0 Å². The largest absolute Gasteiger partial charge is 0.354 e. The van der Waals surface area contributed by atoms with Crippen molar-refractivity contribution in [3.05, 3.63) is 58.2 Å². The number of nitrogens with one attached hydrogen (secondary N) is 1. The minimum atomic E-state index is -0.115. The topological polar surface area (TPSA) is 54.9 Å². The Labute approximate surface area is 126 Å². The molecule has 1 aromatic carbocycles. The highest BCUT2D eigenvalue weighted by molar-refractivity contribution is 7.14. The molecule has 0 unspecified atom stereocenters. The summed E-state index contributed by atoms with van der Waals surface area (Å²) in [6.45, 7) is 0. The lowest BCUT2D eigenvalue weighted by Crippen LogP contribution is -2.16. The van der Waals surface area contributed by atoms with Gasteiger partial charge in [0.15, 0.2) is 0 Å². The van der Waals surface area contributed by atoms with Gasteiger partial charge >= 0.3 is 0 Å². The van der Waals surface area contributed by atoms with Gasteiger partial charge in [-0.25, -0.2) is 9.97 Å². The van der Waals surface area contributed by atoms with Crippen LogP contribution >= 0.6 is 11.3 Å². The van der Waals surface area contributed by atoms with Gasteiger partial charge in [0, 0.05) is 12.4 Å². The van der Waals surface area contributed by atoms with E-state index in [2.05, 4.69) is 15.3 Å². The van der Waals surface area contributed by atoms with Crippen molar-refractivity contribution in [2.75, 3.05) is 7.05 Å². The van der Waals surface area contributed by atoms with Crippen LogP contribution in [-0.2, 0) is 0 Å². The van der Waals surface area contributed by atoms with Gasteiger partial charge in [-0.15, -0.1) is 11.3 Å². The van der Waals surface area contributed by atoms with Gasteiger partial charge in [0.2, 0.25) is 0 Å². The third kappa shape index (κ3) is 2.98. The van der Waals surface area contributed by atoms with E-state index in [4.69, 9.17) is 0 Å².